The molecule has 0 aliphatic rings. The summed E-state index contributed by atoms with van der Waals surface area (Å²) in [5.41, 5.74) is 2.93. The lowest BCUT2D eigenvalue weighted by Crippen LogP contribution is -2.03. The second-order valence-electron chi connectivity index (χ2n) is 3.81. The van der Waals surface area contributed by atoms with Gasteiger partial charge in [0, 0.05) is 12.1 Å². The van der Waals surface area contributed by atoms with Gasteiger partial charge in [0.2, 0.25) is 5.82 Å². The van der Waals surface area contributed by atoms with Crippen LogP contribution in [0, 0.1) is 6.92 Å². The number of esters is 1. The van der Waals surface area contributed by atoms with E-state index in [0.29, 0.717) is 6.42 Å². The summed E-state index contributed by atoms with van der Waals surface area (Å²) in [4.78, 5) is 18.5. The zero-order valence-electron chi connectivity index (χ0n) is 9.86. The number of hydrogen-bond donors (Lipinski definition) is 1. The molecular formula is C13H14N2O2. The molecule has 0 saturated carbocycles. The number of aryl methyl sites for hydroxylation is 1. The quantitative estimate of drug-likeness (QED) is 0.821. The lowest BCUT2D eigenvalue weighted by Gasteiger charge is -1.98. The number of nitrogens with zero attached hydrogens (tertiary/aromatic N) is 1. The van der Waals surface area contributed by atoms with E-state index in [4.69, 9.17) is 0 Å². The smallest absolute Gasteiger partial charge is 0.374 e. The number of rotatable bonds is 3. The summed E-state index contributed by atoms with van der Waals surface area (Å²) < 4.78 is 4.62. The van der Waals surface area contributed by atoms with Crippen LogP contribution in [0.3, 0.4) is 0 Å². The fraction of sp³-hybridized carbons (Fsp3) is 0.231. The van der Waals surface area contributed by atoms with Gasteiger partial charge in [-0.05, 0) is 12.5 Å². The largest absolute Gasteiger partial charge is 0.463 e. The van der Waals surface area contributed by atoms with E-state index >= 15 is 0 Å². The molecule has 4 heteroatoms. The van der Waals surface area contributed by atoms with Gasteiger partial charge in [0.05, 0.1) is 12.8 Å². The molecular weight excluding hydrogens is 216 g/mol. The topological polar surface area (TPSA) is 55.0 Å². The van der Waals surface area contributed by atoms with Crippen LogP contribution in [0.25, 0.3) is 0 Å². The zero-order valence-corrected chi connectivity index (χ0v) is 9.86. The third-order valence-electron chi connectivity index (χ3n) is 2.58. The van der Waals surface area contributed by atoms with Crippen LogP contribution in [0.15, 0.2) is 30.3 Å². The molecule has 0 unspecified atom stereocenters. The summed E-state index contributed by atoms with van der Waals surface area (Å²) in [6.45, 7) is 1.90. The van der Waals surface area contributed by atoms with Crippen molar-refractivity contribution in [2.45, 2.75) is 13.3 Å². The van der Waals surface area contributed by atoms with Crippen LogP contribution in [-0.2, 0) is 11.2 Å². The Bertz CT molecular complexity index is 517. The van der Waals surface area contributed by atoms with Gasteiger partial charge in [0.25, 0.3) is 0 Å². The van der Waals surface area contributed by atoms with Crippen LogP contribution in [0.4, 0.5) is 0 Å². The minimum Gasteiger partial charge on any atom is -0.463 e. The van der Waals surface area contributed by atoms with Crippen molar-refractivity contribution in [3.8, 4) is 0 Å². The molecule has 1 N–H and O–H groups in total. The molecule has 1 aromatic carbocycles. The Morgan fingerprint density at radius 2 is 2.06 bits per heavy atom. The van der Waals surface area contributed by atoms with E-state index < -0.39 is 5.97 Å². The lowest BCUT2D eigenvalue weighted by atomic mass is 10.1. The second kappa shape index (κ2) is 4.82. The van der Waals surface area contributed by atoms with E-state index in [2.05, 4.69) is 14.7 Å². The first kappa shape index (κ1) is 11.4. The Morgan fingerprint density at radius 3 is 2.71 bits per heavy atom. The standard InChI is InChI=1S/C13H14N2O2/c1-9-11(8-10-6-4-3-5-7-10)15-12(14-9)13(16)17-2/h3-7H,8H2,1-2H3,(H,14,15). The van der Waals surface area contributed by atoms with Gasteiger partial charge >= 0.3 is 5.97 Å². The minimum atomic E-state index is -0.438. The third kappa shape index (κ3) is 2.53. The first-order valence-corrected chi connectivity index (χ1v) is 5.38. The molecule has 0 aliphatic carbocycles. The van der Waals surface area contributed by atoms with Gasteiger partial charge in [0.1, 0.15) is 0 Å². The predicted molar refractivity (Wildman–Crippen MR) is 63.9 cm³/mol. The summed E-state index contributed by atoms with van der Waals surface area (Å²) >= 11 is 0. The summed E-state index contributed by atoms with van der Waals surface area (Å²) in [5.74, 6) is -0.177. The fourth-order valence-electron chi connectivity index (χ4n) is 1.65. The number of aromatic amines is 1. The van der Waals surface area contributed by atoms with Crippen molar-refractivity contribution in [2.24, 2.45) is 0 Å². The highest BCUT2D eigenvalue weighted by molar-refractivity contribution is 5.85. The number of benzene rings is 1. The number of carbonyl (C=O) groups excluding carboxylic acids is 1. The average molecular weight is 230 g/mol. The van der Waals surface area contributed by atoms with Crippen molar-refractivity contribution in [3.05, 3.63) is 53.1 Å². The Hall–Kier alpha value is -2.10. The van der Waals surface area contributed by atoms with E-state index in [-0.39, 0.29) is 5.82 Å². The third-order valence-corrected chi connectivity index (χ3v) is 2.58. The SMILES string of the molecule is COC(=O)c1nc(Cc2ccccc2)c(C)[nH]1. The van der Waals surface area contributed by atoms with Crippen LogP contribution in [0.1, 0.15) is 27.6 Å². The van der Waals surface area contributed by atoms with Crippen LogP contribution >= 0.6 is 0 Å². The van der Waals surface area contributed by atoms with E-state index in [1.807, 2.05) is 37.3 Å². The van der Waals surface area contributed by atoms with E-state index in [9.17, 15) is 4.79 Å². The molecule has 1 aromatic heterocycles. The Kier molecular flexibility index (Phi) is 3.23. The highest BCUT2D eigenvalue weighted by Gasteiger charge is 2.13. The van der Waals surface area contributed by atoms with Crippen molar-refractivity contribution in [1.29, 1.82) is 0 Å². The van der Waals surface area contributed by atoms with Crippen molar-refractivity contribution in [1.82, 2.24) is 9.97 Å². The van der Waals surface area contributed by atoms with Crippen LogP contribution in [-0.4, -0.2) is 23.0 Å². The fourth-order valence-corrected chi connectivity index (χ4v) is 1.65. The first-order valence-electron chi connectivity index (χ1n) is 5.38. The van der Waals surface area contributed by atoms with Crippen LogP contribution < -0.4 is 0 Å². The van der Waals surface area contributed by atoms with E-state index in [0.717, 1.165) is 11.4 Å². The van der Waals surface area contributed by atoms with Crippen molar-refractivity contribution in [3.63, 3.8) is 0 Å². The second-order valence-corrected chi connectivity index (χ2v) is 3.81. The summed E-state index contributed by atoms with van der Waals surface area (Å²) in [7, 11) is 1.34. The number of ether oxygens (including phenoxy) is 1. The van der Waals surface area contributed by atoms with Crippen molar-refractivity contribution >= 4 is 5.97 Å². The number of carbonyl (C=O) groups is 1. The molecule has 88 valence electrons. The Labute approximate surface area is 99.7 Å². The summed E-state index contributed by atoms with van der Waals surface area (Å²) in [5, 5.41) is 0. The molecule has 1 heterocycles. The van der Waals surface area contributed by atoms with Gasteiger partial charge in [0.15, 0.2) is 0 Å². The number of imidazole rings is 1. The van der Waals surface area contributed by atoms with Gasteiger partial charge in [-0.15, -0.1) is 0 Å². The average Bonchev–Trinajstić information content (AvgIpc) is 2.71. The van der Waals surface area contributed by atoms with Gasteiger partial charge in [-0.25, -0.2) is 9.78 Å². The number of H-pyrrole nitrogens is 1. The molecule has 2 rings (SSSR count). The number of hydrogen-bond acceptors (Lipinski definition) is 3. The van der Waals surface area contributed by atoms with Gasteiger partial charge in [-0.1, -0.05) is 30.3 Å². The summed E-state index contributed by atoms with van der Waals surface area (Å²) in [6.07, 6.45) is 0.708. The van der Waals surface area contributed by atoms with Crippen LogP contribution in [0.5, 0.6) is 0 Å². The Morgan fingerprint density at radius 1 is 1.35 bits per heavy atom. The predicted octanol–water partition coefficient (Wildman–Crippen LogP) is 2.10. The molecule has 17 heavy (non-hydrogen) atoms. The Balaban J connectivity index is 2.22. The number of methoxy groups -OCH3 is 1. The van der Waals surface area contributed by atoms with Crippen molar-refractivity contribution in [2.75, 3.05) is 7.11 Å². The molecule has 0 aliphatic heterocycles. The monoisotopic (exact) mass is 230 g/mol. The normalized spacial score (nSPS) is 10.2. The molecule has 0 bridgehead atoms. The molecule has 0 amide bonds. The minimum absolute atomic E-state index is 0.260. The maximum Gasteiger partial charge on any atom is 0.374 e. The molecule has 0 fully saturated rings. The number of nitrogens with one attached hydrogen (secondary N) is 1. The lowest BCUT2D eigenvalue weighted by molar-refractivity contribution is 0.0587. The van der Waals surface area contributed by atoms with Crippen LogP contribution in [0.2, 0.25) is 0 Å². The maximum absolute atomic E-state index is 11.3. The molecule has 0 radical (unpaired) electrons. The molecule has 0 atom stereocenters. The van der Waals surface area contributed by atoms with Gasteiger partial charge < -0.3 is 9.72 Å². The maximum atomic E-state index is 11.3. The molecule has 2 aromatic rings. The van der Waals surface area contributed by atoms with E-state index in [1.54, 1.807) is 0 Å². The van der Waals surface area contributed by atoms with Crippen molar-refractivity contribution < 1.29 is 9.53 Å². The van der Waals surface area contributed by atoms with E-state index in [1.165, 1.54) is 12.7 Å². The molecule has 0 saturated heterocycles. The van der Waals surface area contributed by atoms with Gasteiger partial charge in [-0.3, -0.25) is 0 Å². The number of aromatic nitrogens is 2. The highest BCUT2D eigenvalue weighted by Crippen LogP contribution is 2.12. The molecule has 0 spiro atoms. The highest BCUT2D eigenvalue weighted by atomic mass is 16.5. The first-order chi connectivity index (χ1) is 8.20. The van der Waals surface area contributed by atoms with Gasteiger partial charge in [-0.2, -0.15) is 0 Å². The summed E-state index contributed by atoms with van der Waals surface area (Å²) in [6, 6.07) is 10.0. The zero-order chi connectivity index (χ0) is 12.3. The molecule has 4 nitrogen and oxygen atoms in total.